The van der Waals surface area contributed by atoms with Gasteiger partial charge in [0.05, 0.1) is 0 Å². The summed E-state index contributed by atoms with van der Waals surface area (Å²) in [5, 5.41) is 29.7. The summed E-state index contributed by atoms with van der Waals surface area (Å²) in [6.45, 7) is 5.53. The quantitative estimate of drug-likeness (QED) is 0.227. The number of carboxylic acid groups (broad SMARTS) is 4. The Morgan fingerprint density at radius 2 is 0.696 bits per heavy atom. The van der Waals surface area contributed by atoms with Crippen LogP contribution in [0.15, 0.2) is 0 Å². The Hall–Kier alpha value is 0.306. The molecule has 0 heterocycles. The van der Waals surface area contributed by atoms with E-state index >= 15 is 0 Å². The Balaban J connectivity index is -0.0000000134. The van der Waals surface area contributed by atoms with Gasteiger partial charge in [0.1, 0.15) is 0 Å². The molecule has 0 aliphatic rings. The molecule has 0 fully saturated rings. The molecule has 0 aromatic heterocycles. The maximum Gasteiger partial charge on any atom is 1.00 e. The average molecular weight is 407 g/mol. The molecule has 0 aromatic rings. The van der Waals surface area contributed by atoms with Crippen LogP contribution in [0.3, 0.4) is 0 Å². The van der Waals surface area contributed by atoms with Gasteiger partial charge in [-0.1, -0.05) is 0 Å². The summed E-state index contributed by atoms with van der Waals surface area (Å²) < 4.78 is 0. The second kappa shape index (κ2) is 49.5. The molecule has 8 N–H and O–H groups in total. The third-order valence-corrected chi connectivity index (χ3v) is 0.167. The van der Waals surface area contributed by atoms with E-state index in [4.69, 9.17) is 51.1 Å². The number of hydrogen-bond acceptors (Lipinski definition) is 6. The van der Waals surface area contributed by atoms with Gasteiger partial charge >= 0.3 is 59.1 Å². The van der Waals surface area contributed by atoms with Crippen LogP contribution in [0.4, 0.5) is 0 Å². The molecule has 13 heteroatoms. The largest absolute Gasteiger partial charge is 1.00 e. The molecule has 0 aliphatic carbocycles. The van der Waals surface area contributed by atoms with Gasteiger partial charge in [-0.25, -0.2) is 0 Å². The van der Waals surface area contributed by atoms with Crippen molar-refractivity contribution in [1.82, 2.24) is 0 Å². The minimum atomic E-state index is -0.833. The summed E-state index contributed by atoms with van der Waals surface area (Å²) >= 11 is 0. The van der Waals surface area contributed by atoms with Gasteiger partial charge in [-0.2, -0.15) is 0 Å². The summed E-state index contributed by atoms with van der Waals surface area (Å²) in [6.07, 6.45) is 0. The molecule has 0 amide bonds. The van der Waals surface area contributed by atoms with Crippen LogP contribution < -0.4 is 70.6 Å². The monoisotopic (exact) mass is 407 g/mol. The maximum absolute atomic E-state index is 9.00. The van der Waals surface area contributed by atoms with E-state index in [1.165, 1.54) is 0 Å². The zero-order valence-electron chi connectivity index (χ0n) is 16.3. The topological polar surface area (TPSA) is 201 Å². The Bertz CT molecular complexity index is 215. The number of hydrogen-bond donors (Lipinski definition) is 6. The van der Waals surface area contributed by atoms with Crippen LogP contribution in [0.2, 0.25) is 0 Å². The van der Waals surface area contributed by atoms with E-state index in [1.807, 2.05) is 0 Å². The third-order valence-electron chi connectivity index (χ3n) is 0.167. The van der Waals surface area contributed by atoms with Crippen LogP contribution in [-0.4, -0.2) is 57.4 Å². The Morgan fingerprint density at radius 1 is 0.652 bits per heavy atom. The summed E-state index contributed by atoms with van der Waals surface area (Å²) in [6, 6.07) is 0. The number of carbonyl (C=O) groups is 4. The molecule has 0 bridgehead atoms. The second-order valence-corrected chi connectivity index (χ2v) is 2.65. The van der Waals surface area contributed by atoms with Crippen molar-refractivity contribution in [3.8, 4) is 0 Å². The first-order valence-corrected chi connectivity index (χ1v) is 5.03. The molecule has 135 valence electrons. The summed E-state index contributed by atoms with van der Waals surface area (Å²) in [5.74, 6) is -3.33. The molecule has 1 radical (unpaired) electrons. The van der Waals surface area contributed by atoms with Gasteiger partial charge in [0.2, 0.25) is 0 Å². The predicted octanol–water partition coefficient (Wildman–Crippen LogP) is -6.50. The fourth-order valence-electron chi connectivity index (χ4n) is 0. The molecule has 23 heavy (non-hydrogen) atoms. The van der Waals surface area contributed by atoms with Crippen LogP contribution in [0.25, 0.3) is 0 Å². The van der Waals surface area contributed by atoms with Gasteiger partial charge in [0.15, 0.2) is 0 Å². The van der Waals surface area contributed by atoms with E-state index in [0.717, 1.165) is 27.7 Å². The molecule has 0 aliphatic heterocycles. The molecule has 0 spiro atoms. The normalized spacial score (nSPS) is 5.65. The van der Waals surface area contributed by atoms with Crippen molar-refractivity contribution in [2.45, 2.75) is 27.7 Å². The molecule has 0 aromatic carbocycles. The van der Waals surface area contributed by atoms with Gasteiger partial charge < -0.3 is 34.7 Å². The summed E-state index contributed by atoms with van der Waals surface area (Å²) in [5.41, 5.74) is 9.81. The minimum Gasteiger partial charge on any atom is -1.00 e. The van der Waals surface area contributed by atoms with Crippen molar-refractivity contribution in [2.75, 3.05) is 13.1 Å². The van der Waals surface area contributed by atoms with E-state index in [1.54, 1.807) is 0 Å². The molecular weight excluding hydrogens is 381 g/mol. The van der Waals surface area contributed by atoms with Crippen molar-refractivity contribution in [3.63, 3.8) is 0 Å². The maximum atomic E-state index is 9.00. The van der Waals surface area contributed by atoms with E-state index in [0.29, 0.717) is 13.1 Å². The Morgan fingerprint density at radius 3 is 0.696 bits per heavy atom. The van der Waals surface area contributed by atoms with Gasteiger partial charge in [-0.05, 0) is 0 Å². The zero-order chi connectivity index (χ0) is 17.7. The van der Waals surface area contributed by atoms with Crippen LogP contribution in [0, 0.1) is 0 Å². The van der Waals surface area contributed by atoms with Gasteiger partial charge in [-0.15, -0.1) is 0 Å². The fourth-order valence-corrected chi connectivity index (χ4v) is 0. The van der Waals surface area contributed by atoms with Crippen LogP contribution in [-0.2, 0) is 36.0 Å². The molecule has 0 rings (SSSR count). The molecule has 0 unspecified atom stereocenters. The first-order chi connectivity index (χ1) is 8.84. The van der Waals surface area contributed by atoms with E-state index in [9.17, 15) is 0 Å². The van der Waals surface area contributed by atoms with Crippen molar-refractivity contribution >= 4 is 23.9 Å². The molecule has 0 atom stereocenters. The summed E-state index contributed by atoms with van der Waals surface area (Å²) in [4.78, 5) is 36.0. The van der Waals surface area contributed by atoms with Crippen LogP contribution in [0.5, 0.6) is 0 Å². The van der Waals surface area contributed by atoms with Crippen LogP contribution in [0.1, 0.15) is 30.5 Å². The van der Waals surface area contributed by atoms with E-state index in [-0.39, 0.29) is 78.7 Å². The van der Waals surface area contributed by atoms with Crippen molar-refractivity contribution in [1.29, 1.82) is 0 Å². The number of nitrogens with two attached hydrogens (primary N) is 2. The number of carboxylic acids is 4. The fraction of sp³-hybridized carbons (Fsp3) is 0.600. The predicted molar refractivity (Wildman–Crippen MR) is 73.6 cm³/mol. The average Bonchev–Trinajstić information content (AvgIpc) is 2.13. The smallest absolute Gasteiger partial charge is 1.00 e. The minimum absolute atomic E-state index is 0. The molecule has 0 saturated carbocycles. The van der Waals surface area contributed by atoms with Gasteiger partial charge in [-0.3, -0.25) is 19.2 Å². The van der Waals surface area contributed by atoms with Gasteiger partial charge in [0, 0.05) is 57.6 Å². The first kappa shape index (κ1) is 49.5. The second-order valence-electron chi connectivity index (χ2n) is 2.65. The standard InChI is InChI=1S/C2H8N2.4C2H4O2.Co.2Na.2H/c3-1-2-4;4*1-2(3)4;;;;;/h1-4H2;4*1H3,(H,3,4);;;;;/q;;;;;;2*+1;2*-1. The van der Waals surface area contributed by atoms with Gasteiger partial charge in [0.25, 0.3) is 23.9 Å². The molecular formula is C10H26CoN2Na2O8. The third kappa shape index (κ3) is 5390. The SMILES string of the molecule is CC(=O)O.CC(=O)O.CC(=O)O.CC(=O)O.NCCN.[Co].[H-].[H-].[Na+].[Na+]. The number of rotatable bonds is 1. The van der Waals surface area contributed by atoms with Crippen LogP contribution >= 0.6 is 0 Å². The zero-order valence-corrected chi connectivity index (χ0v) is 19.4. The van der Waals surface area contributed by atoms with Crippen molar-refractivity contribution in [2.24, 2.45) is 11.5 Å². The first-order valence-electron chi connectivity index (χ1n) is 5.03. The van der Waals surface area contributed by atoms with Crippen molar-refractivity contribution in [3.05, 3.63) is 0 Å². The summed E-state index contributed by atoms with van der Waals surface area (Å²) in [7, 11) is 0. The van der Waals surface area contributed by atoms with E-state index < -0.39 is 23.9 Å². The van der Waals surface area contributed by atoms with E-state index in [2.05, 4.69) is 0 Å². The molecule has 10 nitrogen and oxygen atoms in total. The Kier molecular flexibility index (Phi) is 106. The molecule has 0 saturated heterocycles. The Labute approximate surface area is 193 Å². The van der Waals surface area contributed by atoms with Crippen molar-refractivity contribution < 1.29 is 118 Å². The number of aliphatic carboxylic acids is 4.